The Bertz CT molecular complexity index is 2980. The van der Waals surface area contributed by atoms with Crippen LogP contribution < -0.4 is 0 Å². The second-order valence-corrected chi connectivity index (χ2v) is 14.2. The average Bonchev–Trinajstić information content (AvgIpc) is 3.31. The van der Waals surface area contributed by atoms with Crippen LogP contribution in [0.5, 0.6) is 0 Å². The molecule has 10 aromatic rings. The predicted octanol–water partition coefficient (Wildman–Crippen LogP) is 13.1. The number of benzene rings is 8. The van der Waals surface area contributed by atoms with Crippen molar-refractivity contribution in [2.45, 2.75) is 0 Å². The van der Waals surface area contributed by atoms with Crippen molar-refractivity contribution < 1.29 is 0 Å². The van der Waals surface area contributed by atoms with Crippen molar-refractivity contribution in [3.63, 3.8) is 0 Å². The van der Waals surface area contributed by atoms with Crippen molar-refractivity contribution in [1.29, 1.82) is 5.26 Å². The summed E-state index contributed by atoms with van der Waals surface area (Å²) in [5.41, 5.74) is 14.4. The molecule has 2 aromatic heterocycles. The molecule has 270 valence electrons. The Morgan fingerprint density at radius 3 is 1.14 bits per heavy atom. The van der Waals surface area contributed by atoms with E-state index < -0.39 is 0 Å². The first-order valence-corrected chi connectivity index (χ1v) is 19.2. The second-order valence-electron chi connectivity index (χ2n) is 14.2. The van der Waals surface area contributed by atoms with E-state index in [9.17, 15) is 5.26 Å². The van der Waals surface area contributed by atoms with E-state index in [1.165, 1.54) is 0 Å². The largest absolute Gasteiger partial charge is 0.228 e. The molecular formula is C53H33N5. The third kappa shape index (κ3) is 6.66. The lowest BCUT2D eigenvalue weighted by atomic mass is 9.92. The summed E-state index contributed by atoms with van der Waals surface area (Å²) in [5.74, 6) is 1.33. The van der Waals surface area contributed by atoms with Crippen LogP contribution in [0.3, 0.4) is 0 Å². The van der Waals surface area contributed by atoms with Crippen LogP contribution in [0.2, 0.25) is 0 Å². The van der Waals surface area contributed by atoms with E-state index in [1.54, 1.807) is 0 Å². The second kappa shape index (κ2) is 14.9. The van der Waals surface area contributed by atoms with Crippen LogP contribution in [-0.4, -0.2) is 19.9 Å². The molecule has 58 heavy (non-hydrogen) atoms. The molecule has 0 saturated heterocycles. The van der Waals surface area contributed by atoms with Crippen LogP contribution in [0, 0.1) is 11.3 Å². The highest BCUT2D eigenvalue weighted by atomic mass is 14.9. The SMILES string of the molecule is N#Cc1ccc(-c2cc(-c3cccc(-c4nc(-c5ccccc5)c5ccccc5n4)c3)cc(-c3cccc(-c4nc(-c5ccccc5)c5ccccc5n4)c3)c2)cc1. The number of hydrogen-bond acceptors (Lipinski definition) is 5. The van der Waals surface area contributed by atoms with E-state index in [1.807, 2.05) is 97.1 Å². The average molecular weight is 740 g/mol. The zero-order chi connectivity index (χ0) is 38.8. The van der Waals surface area contributed by atoms with Crippen LogP contribution in [0.15, 0.2) is 200 Å². The molecule has 0 amide bonds. The summed E-state index contributed by atoms with van der Waals surface area (Å²) in [6.45, 7) is 0. The molecule has 0 bridgehead atoms. The molecule has 0 fully saturated rings. The fourth-order valence-corrected chi connectivity index (χ4v) is 7.58. The first-order valence-electron chi connectivity index (χ1n) is 19.2. The van der Waals surface area contributed by atoms with Gasteiger partial charge in [0.05, 0.1) is 34.1 Å². The van der Waals surface area contributed by atoms with Crippen molar-refractivity contribution in [3.05, 3.63) is 206 Å². The molecule has 0 unspecified atom stereocenters. The topological polar surface area (TPSA) is 75.3 Å². The van der Waals surface area contributed by atoms with Crippen LogP contribution >= 0.6 is 0 Å². The van der Waals surface area contributed by atoms with Gasteiger partial charge in [0, 0.05) is 33.0 Å². The van der Waals surface area contributed by atoms with Gasteiger partial charge in [0.25, 0.3) is 0 Å². The van der Waals surface area contributed by atoms with Gasteiger partial charge in [-0.1, -0.05) is 146 Å². The third-order valence-corrected chi connectivity index (χ3v) is 10.5. The maximum atomic E-state index is 9.53. The normalized spacial score (nSPS) is 11.1. The van der Waals surface area contributed by atoms with Crippen molar-refractivity contribution in [3.8, 4) is 84.7 Å². The number of para-hydroxylation sites is 2. The van der Waals surface area contributed by atoms with Gasteiger partial charge in [0.2, 0.25) is 0 Å². The molecule has 5 heteroatoms. The van der Waals surface area contributed by atoms with Crippen LogP contribution in [0.4, 0.5) is 0 Å². The summed E-state index contributed by atoms with van der Waals surface area (Å²) in [7, 11) is 0. The summed E-state index contributed by atoms with van der Waals surface area (Å²) >= 11 is 0. The molecule has 5 nitrogen and oxygen atoms in total. The standard InChI is InChI=1S/C53H33N5/c54-34-35-25-27-36(28-26-35)43-31-44(39-17-11-19-41(29-39)52-55-48-23-9-7-21-46(48)50(57-52)37-13-3-1-4-14-37)33-45(32-43)40-18-12-20-42(30-40)53-56-49-24-10-8-22-47(49)51(58-53)38-15-5-2-6-16-38/h1-33H. The van der Waals surface area contributed by atoms with Gasteiger partial charge < -0.3 is 0 Å². The molecule has 0 spiro atoms. The number of nitriles is 1. The third-order valence-electron chi connectivity index (χ3n) is 10.5. The van der Waals surface area contributed by atoms with Crippen molar-refractivity contribution in [2.24, 2.45) is 0 Å². The highest BCUT2D eigenvalue weighted by molar-refractivity contribution is 5.95. The number of aromatic nitrogens is 4. The summed E-state index contributed by atoms with van der Waals surface area (Å²) in [4.78, 5) is 20.4. The lowest BCUT2D eigenvalue weighted by Crippen LogP contribution is -1.96. The summed E-state index contributed by atoms with van der Waals surface area (Å²) in [6, 6.07) is 70.5. The molecule has 0 N–H and O–H groups in total. The quantitative estimate of drug-likeness (QED) is 0.163. The molecule has 0 atom stereocenters. The molecule has 0 aliphatic rings. The summed E-state index contributed by atoms with van der Waals surface area (Å²) in [6.07, 6.45) is 0. The first kappa shape index (κ1) is 34.4. The zero-order valence-electron chi connectivity index (χ0n) is 31.3. The van der Waals surface area contributed by atoms with Gasteiger partial charge in [-0.2, -0.15) is 5.26 Å². The Balaban J connectivity index is 1.10. The maximum absolute atomic E-state index is 9.53. The fraction of sp³-hybridized carbons (Fsp3) is 0. The Hall–Kier alpha value is -8.07. The van der Waals surface area contributed by atoms with Crippen molar-refractivity contribution >= 4 is 21.8 Å². The van der Waals surface area contributed by atoms with E-state index in [2.05, 4.69) is 109 Å². The molecule has 8 aromatic carbocycles. The van der Waals surface area contributed by atoms with Gasteiger partial charge in [-0.05, 0) is 88.0 Å². The Kier molecular flexibility index (Phi) is 8.83. The van der Waals surface area contributed by atoms with Gasteiger partial charge in [-0.25, -0.2) is 19.9 Å². The van der Waals surface area contributed by atoms with E-state index in [4.69, 9.17) is 19.9 Å². The number of rotatable bonds is 7. The number of nitrogens with zero attached hydrogens (tertiary/aromatic N) is 5. The van der Waals surface area contributed by atoms with Gasteiger partial charge in [-0.15, -0.1) is 0 Å². The molecule has 10 rings (SSSR count). The van der Waals surface area contributed by atoms with Crippen LogP contribution in [0.25, 0.3) is 100 Å². The van der Waals surface area contributed by atoms with Gasteiger partial charge in [0.15, 0.2) is 11.6 Å². The maximum Gasteiger partial charge on any atom is 0.160 e. The Labute approximate surface area is 336 Å². The number of hydrogen-bond donors (Lipinski definition) is 0. The van der Waals surface area contributed by atoms with Gasteiger partial charge in [-0.3, -0.25) is 0 Å². The predicted molar refractivity (Wildman–Crippen MR) is 235 cm³/mol. The first-order chi connectivity index (χ1) is 28.7. The summed E-state index contributed by atoms with van der Waals surface area (Å²) < 4.78 is 0. The lowest BCUT2D eigenvalue weighted by Gasteiger charge is -2.14. The van der Waals surface area contributed by atoms with E-state index in [-0.39, 0.29) is 0 Å². The highest BCUT2D eigenvalue weighted by Gasteiger charge is 2.15. The van der Waals surface area contributed by atoms with E-state index >= 15 is 0 Å². The fourth-order valence-electron chi connectivity index (χ4n) is 7.58. The number of fused-ring (bicyclic) bond motifs is 2. The van der Waals surface area contributed by atoms with Crippen LogP contribution in [0.1, 0.15) is 5.56 Å². The molecular weight excluding hydrogens is 707 g/mol. The molecule has 0 saturated carbocycles. The van der Waals surface area contributed by atoms with Gasteiger partial charge in [0.1, 0.15) is 0 Å². The van der Waals surface area contributed by atoms with Crippen molar-refractivity contribution in [2.75, 3.05) is 0 Å². The Morgan fingerprint density at radius 1 is 0.293 bits per heavy atom. The minimum atomic E-state index is 0.621. The molecule has 0 radical (unpaired) electrons. The van der Waals surface area contributed by atoms with Gasteiger partial charge >= 0.3 is 0 Å². The smallest absolute Gasteiger partial charge is 0.160 e. The molecule has 0 aliphatic carbocycles. The van der Waals surface area contributed by atoms with E-state index in [0.29, 0.717) is 17.2 Å². The zero-order valence-corrected chi connectivity index (χ0v) is 31.3. The van der Waals surface area contributed by atoms with Crippen molar-refractivity contribution in [1.82, 2.24) is 19.9 Å². The minimum Gasteiger partial charge on any atom is -0.228 e. The minimum absolute atomic E-state index is 0.621. The highest BCUT2D eigenvalue weighted by Crippen LogP contribution is 2.37. The monoisotopic (exact) mass is 739 g/mol. The lowest BCUT2D eigenvalue weighted by molar-refractivity contribution is 1.23. The summed E-state index contributed by atoms with van der Waals surface area (Å²) in [5, 5.41) is 11.6. The van der Waals surface area contributed by atoms with E-state index in [0.717, 1.165) is 88.8 Å². The molecule has 2 heterocycles. The Morgan fingerprint density at radius 2 is 0.672 bits per heavy atom. The molecule has 0 aliphatic heterocycles. The van der Waals surface area contributed by atoms with Crippen LogP contribution in [-0.2, 0) is 0 Å².